The molecule has 0 aliphatic rings. The molecule has 7 heteroatoms. The van der Waals surface area contributed by atoms with Crippen LogP contribution in [0.2, 0.25) is 0 Å². The second kappa shape index (κ2) is 17.1. The maximum Gasteiger partial charge on any atom is 0.335 e. The van der Waals surface area contributed by atoms with Gasteiger partial charge in [-0.25, -0.2) is 4.79 Å². The maximum atomic E-state index is 10.2. The Labute approximate surface area is 213 Å². The molecule has 7 nitrogen and oxygen atoms in total. The number of phenols is 2. The van der Waals surface area contributed by atoms with Gasteiger partial charge in [0.05, 0.1) is 18.3 Å². The Kier molecular flexibility index (Phi) is 13.7. The molecule has 194 valence electrons. The third kappa shape index (κ3) is 12.4. The molecule has 5 N–H and O–H groups in total. The summed E-state index contributed by atoms with van der Waals surface area (Å²) in [5, 5.41) is 40.6. The molecule has 3 rings (SSSR count). The lowest BCUT2D eigenvalue weighted by Crippen LogP contribution is -2.22. The van der Waals surface area contributed by atoms with Crippen molar-refractivity contribution in [3.63, 3.8) is 0 Å². The first-order valence-corrected chi connectivity index (χ1v) is 12.3. The van der Waals surface area contributed by atoms with Crippen LogP contribution in [0.5, 0.6) is 11.5 Å². The molecule has 0 saturated carbocycles. The number of carboxylic acid groups (broad SMARTS) is 1. The zero-order valence-corrected chi connectivity index (χ0v) is 20.6. The number of carboxylic acids is 1. The molecule has 3 aromatic rings. The van der Waals surface area contributed by atoms with Crippen LogP contribution in [-0.2, 0) is 11.2 Å². The van der Waals surface area contributed by atoms with Crippen molar-refractivity contribution in [1.82, 2.24) is 5.32 Å². The monoisotopic (exact) mass is 495 g/mol. The number of aromatic hydroxyl groups is 2. The minimum atomic E-state index is -0.879. The number of ether oxygens (including phenoxy) is 1. The van der Waals surface area contributed by atoms with E-state index in [9.17, 15) is 20.1 Å². The number of nitrogens with one attached hydrogen (secondary N) is 1. The molecule has 0 bridgehead atoms. The molecular weight excluding hydrogens is 458 g/mol. The lowest BCUT2D eigenvalue weighted by atomic mass is 10.1. The van der Waals surface area contributed by atoms with E-state index in [4.69, 9.17) is 9.84 Å². The van der Waals surface area contributed by atoms with Crippen LogP contribution in [0.3, 0.4) is 0 Å². The Balaban J connectivity index is 0.000000425. The summed E-state index contributed by atoms with van der Waals surface area (Å²) in [4.78, 5) is 10.2. The molecule has 0 radical (unpaired) electrons. The molecule has 0 saturated heterocycles. The van der Waals surface area contributed by atoms with E-state index in [1.807, 2.05) is 6.07 Å². The van der Waals surface area contributed by atoms with Crippen LogP contribution in [0.1, 0.15) is 53.3 Å². The first-order valence-electron chi connectivity index (χ1n) is 12.3. The molecule has 0 spiro atoms. The highest BCUT2D eigenvalue weighted by Crippen LogP contribution is 2.24. The molecule has 1 unspecified atom stereocenters. The number of carbonyl (C=O) groups is 1. The minimum absolute atomic E-state index is 0.0463. The van der Waals surface area contributed by atoms with Crippen LogP contribution in [0.4, 0.5) is 0 Å². The number of aromatic carboxylic acids is 1. The van der Waals surface area contributed by atoms with Crippen molar-refractivity contribution in [3.8, 4) is 11.5 Å². The Morgan fingerprint density at radius 1 is 0.806 bits per heavy atom. The van der Waals surface area contributed by atoms with E-state index in [2.05, 4.69) is 29.6 Å². The Hall–Kier alpha value is -3.39. The van der Waals surface area contributed by atoms with Crippen LogP contribution in [0, 0.1) is 0 Å². The van der Waals surface area contributed by atoms with Gasteiger partial charge in [0.25, 0.3) is 0 Å². The van der Waals surface area contributed by atoms with E-state index in [1.165, 1.54) is 23.8 Å². The molecule has 0 fully saturated rings. The zero-order chi connectivity index (χ0) is 26.0. The molecular formula is C29H37NO6. The number of aliphatic hydroxyl groups is 1. The van der Waals surface area contributed by atoms with Crippen molar-refractivity contribution in [1.29, 1.82) is 0 Å². The molecule has 3 aromatic carbocycles. The predicted octanol–water partition coefficient (Wildman–Crippen LogP) is 4.93. The van der Waals surface area contributed by atoms with Crippen molar-refractivity contribution in [2.24, 2.45) is 0 Å². The first kappa shape index (κ1) is 28.8. The summed E-state index contributed by atoms with van der Waals surface area (Å²) in [5.41, 5.74) is 2.15. The molecule has 0 aliphatic heterocycles. The van der Waals surface area contributed by atoms with Gasteiger partial charge in [0.1, 0.15) is 11.5 Å². The van der Waals surface area contributed by atoms with E-state index in [-0.39, 0.29) is 11.5 Å². The van der Waals surface area contributed by atoms with E-state index in [0.29, 0.717) is 17.7 Å². The summed E-state index contributed by atoms with van der Waals surface area (Å²) >= 11 is 0. The number of unbranched alkanes of at least 4 members (excludes halogenated alkanes) is 3. The Morgan fingerprint density at radius 2 is 1.42 bits per heavy atom. The summed E-state index contributed by atoms with van der Waals surface area (Å²) in [5.74, 6) is -0.972. The van der Waals surface area contributed by atoms with Crippen molar-refractivity contribution in [2.75, 3.05) is 26.3 Å². The van der Waals surface area contributed by atoms with Gasteiger partial charge in [-0.2, -0.15) is 0 Å². The molecule has 0 aliphatic carbocycles. The van der Waals surface area contributed by atoms with Gasteiger partial charge in [0.15, 0.2) is 0 Å². The van der Waals surface area contributed by atoms with E-state index < -0.39 is 12.1 Å². The van der Waals surface area contributed by atoms with Gasteiger partial charge in [-0.1, -0.05) is 61.4 Å². The largest absolute Gasteiger partial charge is 0.508 e. The second-order valence-electron chi connectivity index (χ2n) is 8.44. The summed E-state index contributed by atoms with van der Waals surface area (Å²) in [6, 6.07) is 22.8. The van der Waals surface area contributed by atoms with Crippen LogP contribution < -0.4 is 5.32 Å². The average molecular weight is 496 g/mol. The third-order valence-electron chi connectivity index (χ3n) is 5.44. The lowest BCUT2D eigenvalue weighted by Gasteiger charge is -2.13. The van der Waals surface area contributed by atoms with Gasteiger partial charge in [0.2, 0.25) is 0 Å². The molecule has 0 aromatic heterocycles. The highest BCUT2D eigenvalue weighted by Gasteiger charge is 2.09. The van der Waals surface area contributed by atoms with Crippen molar-refractivity contribution in [3.05, 3.63) is 95.6 Å². The fraction of sp³-hybridized carbons (Fsp3) is 0.345. The number of aliphatic hydroxyl groups excluding tert-OH is 1. The molecule has 1 atom stereocenters. The average Bonchev–Trinajstić information content (AvgIpc) is 2.88. The van der Waals surface area contributed by atoms with Crippen molar-refractivity contribution < 1.29 is 30.0 Å². The number of phenolic OH excluding ortho intramolecular Hbond substituents is 2. The van der Waals surface area contributed by atoms with Crippen molar-refractivity contribution >= 4 is 5.97 Å². The van der Waals surface area contributed by atoms with Crippen molar-refractivity contribution in [2.45, 2.75) is 38.2 Å². The zero-order valence-electron chi connectivity index (χ0n) is 20.6. The SMILES string of the molecule is O=C(O)c1ccccc1.Oc1cc(O)cc(C(O)CNCCCCCCOCCc2ccccc2)c1. The predicted molar refractivity (Wildman–Crippen MR) is 140 cm³/mol. The molecule has 0 heterocycles. The fourth-order valence-corrected chi connectivity index (χ4v) is 3.49. The van der Waals surface area contributed by atoms with Crippen LogP contribution >= 0.6 is 0 Å². The van der Waals surface area contributed by atoms with E-state index in [0.717, 1.165) is 51.9 Å². The minimum Gasteiger partial charge on any atom is -0.508 e. The second-order valence-corrected chi connectivity index (χ2v) is 8.44. The highest BCUT2D eigenvalue weighted by molar-refractivity contribution is 5.87. The summed E-state index contributed by atoms with van der Waals surface area (Å²) in [6.07, 6.45) is 4.58. The van der Waals surface area contributed by atoms with Gasteiger partial charge in [-0.3, -0.25) is 0 Å². The van der Waals surface area contributed by atoms with Crippen LogP contribution in [-0.4, -0.2) is 52.7 Å². The van der Waals surface area contributed by atoms with Gasteiger partial charge in [-0.05, 0) is 61.2 Å². The van der Waals surface area contributed by atoms with Gasteiger partial charge < -0.3 is 30.5 Å². The van der Waals surface area contributed by atoms with Gasteiger partial charge >= 0.3 is 5.97 Å². The summed E-state index contributed by atoms with van der Waals surface area (Å²) in [7, 11) is 0. The first-order chi connectivity index (χ1) is 17.5. The summed E-state index contributed by atoms with van der Waals surface area (Å²) in [6.45, 7) is 2.80. The van der Waals surface area contributed by atoms with E-state index >= 15 is 0 Å². The number of hydrogen-bond donors (Lipinski definition) is 5. The van der Waals surface area contributed by atoms with Crippen LogP contribution in [0.25, 0.3) is 0 Å². The quantitative estimate of drug-likeness (QED) is 0.201. The standard InChI is InChI=1S/C22H31NO4.C7H6O2/c24-20-14-19(15-21(25)16-20)22(26)17-23-11-6-1-2-7-12-27-13-10-18-8-4-3-5-9-18;8-7(9)6-4-2-1-3-5-6/h3-5,8-9,14-16,22-26H,1-2,6-7,10-13,17H2;1-5H,(H,8,9). The number of rotatable bonds is 14. The van der Waals surface area contributed by atoms with Crippen LogP contribution in [0.15, 0.2) is 78.9 Å². The maximum absolute atomic E-state index is 10.2. The molecule has 0 amide bonds. The lowest BCUT2D eigenvalue weighted by molar-refractivity contribution is 0.0697. The normalized spacial score (nSPS) is 11.4. The topological polar surface area (TPSA) is 119 Å². The van der Waals surface area contributed by atoms with Gasteiger partial charge in [0, 0.05) is 19.2 Å². The molecule has 36 heavy (non-hydrogen) atoms. The highest BCUT2D eigenvalue weighted by atomic mass is 16.5. The van der Waals surface area contributed by atoms with E-state index in [1.54, 1.807) is 30.3 Å². The Morgan fingerprint density at radius 3 is 2.03 bits per heavy atom. The smallest absolute Gasteiger partial charge is 0.335 e. The number of benzene rings is 3. The number of hydrogen-bond acceptors (Lipinski definition) is 6. The fourth-order valence-electron chi connectivity index (χ4n) is 3.49. The third-order valence-corrected chi connectivity index (χ3v) is 5.44. The Bertz CT molecular complexity index is 977. The van der Waals surface area contributed by atoms with Gasteiger partial charge in [-0.15, -0.1) is 0 Å². The summed E-state index contributed by atoms with van der Waals surface area (Å²) < 4.78 is 5.68.